The van der Waals surface area contributed by atoms with E-state index in [0.717, 1.165) is 32.1 Å². The summed E-state index contributed by atoms with van der Waals surface area (Å²) >= 11 is 0. The number of hydrogen-bond donors (Lipinski definition) is 4. The summed E-state index contributed by atoms with van der Waals surface area (Å²) in [5, 5.41) is 42.1. The minimum atomic E-state index is -0.888. The lowest BCUT2D eigenvalue weighted by Gasteiger charge is -2.66. The van der Waals surface area contributed by atoms with E-state index in [2.05, 4.69) is 6.92 Å². The molecule has 4 fully saturated rings. The van der Waals surface area contributed by atoms with Crippen LogP contribution < -0.4 is 0 Å². The predicted octanol–water partition coefficient (Wildman–Crippen LogP) is 2.18. The number of aliphatic hydroxyl groups excluding tert-OH is 3. The number of fused-ring (bicyclic) bond motifs is 3. The summed E-state index contributed by atoms with van der Waals surface area (Å²) in [7, 11) is 0. The summed E-state index contributed by atoms with van der Waals surface area (Å²) in [6.07, 6.45) is 4.83. The van der Waals surface area contributed by atoms with Gasteiger partial charge in [0.2, 0.25) is 0 Å². The standard InChI is InChI=1S/C20H32O5/c1-17(16(24)25)5-4-14(22)18(2)12-3-6-19(11-21)7-8-20(12,10-19)15(23)9-13(17)18/h12-15,21-23H,3-11H2,1-2H3,(H,24,25)/t12?,13-,14+,15+,17-,18+,19+,20-/m1/s1. The van der Waals surface area contributed by atoms with Crippen molar-refractivity contribution >= 4 is 5.97 Å². The van der Waals surface area contributed by atoms with Crippen LogP contribution in [0.1, 0.15) is 65.2 Å². The van der Waals surface area contributed by atoms with E-state index in [0.29, 0.717) is 19.3 Å². The Morgan fingerprint density at radius 1 is 1.00 bits per heavy atom. The predicted molar refractivity (Wildman–Crippen MR) is 91.7 cm³/mol. The highest BCUT2D eigenvalue weighted by molar-refractivity contribution is 5.75. The maximum Gasteiger partial charge on any atom is 0.309 e. The van der Waals surface area contributed by atoms with Crippen LogP contribution in [-0.4, -0.2) is 45.2 Å². The van der Waals surface area contributed by atoms with Gasteiger partial charge in [-0.15, -0.1) is 0 Å². The van der Waals surface area contributed by atoms with Crippen LogP contribution in [-0.2, 0) is 4.79 Å². The number of carbonyl (C=O) groups is 1. The Kier molecular flexibility index (Phi) is 3.69. The molecule has 142 valence electrons. The van der Waals surface area contributed by atoms with Crippen LogP contribution in [0.2, 0.25) is 0 Å². The van der Waals surface area contributed by atoms with Gasteiger partial charge in [-0.1, -0.05) is 6.92 Å². The molecule has 1 spiro atoms. The molecule has 0 radical (unpaired) electrons. The minimum Gasteiger partial charge on any atom is -0.481 e. The molecule has 0 aromatic rings. The molecule has 4 N–H and O–H groups in total. The summed E-state index contributed by atoms with van der Waals surface area (Å²) in [5.41, 5.74) is -1.70. The van der Waals surface area contributed by atoms with Crippen molar-refractivity contribution in [3.05, 3.63) is 0 Å². The highest BCUT2D eigenvalue weighted by Crippen LogP contribution is 2.73. The summed E-state index contributed by atoms with van der Waals surface area (Å²) in [5.74, 6) is -0.885. The zero-order valence-corrected chi connectivity index (χ0v) is 15.4. The second-order valence-electron chi connectivity index (χ2n) is 10.1. The normalized spacial score (nSPS) is 57.6. The number of hydrogen-bond acceptors (Lipinski definition) is 4. The molecular formula is C20H32O5. The quantitative estimate of drug-likeness (QED) is 0.611. The van der Waals surface area contributed by atoms with Crippen LogP contribution in [0.4, 0.5) is 0 Å². The molecule has 4 rings (SSSR count). The molecule has 4 aliphatic rings. The van der Waals surface area contributed by atoms with Crippen LogP contribution >= 0.6 is 0 Å². The number of carboxylic acids is 1. The van der Waals surface area contributed by atoms with E-state index in [9.17, 15) is 25.2 Å². The number of rotatable bonds is 2. The lowest BCUT2D eigenvalue weighted by atomic mass is 9.39. The largest absolute Gasteiger partial charge is 0.481 e. The first-order valence-electron chi connectivity index (χ1n) is 9.85. The summed E-state index contributed by atoms with van der Waals surface area (Å²) in [4.78, 5) is 12.1. The van der Waals surface area contributed by atoms with E-state index in [1.54, 1.807) is 0 Å². The molecule has 0 aromatic heterocycles. The second kappa shape index (κ2) is 5.20. The van der Waals surface area contributed by atoms with Crippen molar-refractivity contribution in [2.24, 2.45) is 33.5 Å². The molecule has 0 heterocycles. The molecule has 8 atom stereocenters. The molecular weight excluding hydrogens is 320 g/mol. The first-order chi connectivity index (χ1) is 11.6. The van der Waals surface area contributed by atoms with Crippen molar-refractivity contribution in [2.75, 3.05) is 6.61 Å². The third-order valence-electron chi connectivity index (χ3n) is 9.35. The SMILES string of the molecule is C[C@]12C3CC[C@]4(CO)CC[C@]3(C4)[C@@H](O)C[C@@H]1[C@](C)(C(=O)O)CC[C@@H]2O. The van der Waals surface area contributed by atoms with Crippen molar-refractivity contribution in [1.29, 1.82) is 0 Å². The average molecular weight is 352 g/mol. The van der Waals surface area contributed by atoms with E-state index in [4.69, 9.17) is 0 Å². The zero-order valence-electron chi connectivity index (χ0n) is 15.4. The van der Waals surface area contributed by atoms with Gasteiger partial charge >= 0.3 is 5.97 Å². The molecule has 4 saturated carbocycles. The van der Waals surface area contributed by atoms with Gasteiger partial charge in [0.15, 0.2) is 0 Å². The summed E-state index contributed by atoms with van der Waals surface area (Å²) in [6.45, 7) is 4.07. The van der Waals surface area contributed by atoms with Crippen molar-refractivity contribution < 1.29 is 25.2 Å². The Labute approximate surface area is 149 Å². The van der Waals surface area contributed by atoms with E-state index in [-0.39, 0.29) is 29.3 Å². The van der Waals surface area contributed by atoms with Crippen LogP contribution in [0.5, 0.6) is 0 Å². The van der Waals surface area contributed by atoms with E-state index in [1.165, 1.54) is 0 Å². The number of carboxylic acid groups (broad SMARTS) is 1. The first kappa shape index (κ1) is 17.7. The van der Waals surface area contributed by atoms with Crippen molar-refractivity contribution in [3.8, 4) is 0 Å². The Bertz CT molecular complexity index is 593. The van der Waals surface area contributed by atoms with Gasteiger partial charge in [-0.25, -0.2) is 0 Å². The fraction of sp³-hybridized carbons (Fsp3) is 0.950. The first-order valence-corrected chi connectivity index (χ1v) is 9.85. The van der Waals surface area contributed by atoms with Gasteiger partial charge < -0.3 is 20.4 Å². The van der Waals surface area contributed by atoms with Crippen molar-refractivity contribution in [3.63, 3.8) is 0 Å². The van der Waals surface area contributed by atoms with Crippen LogP contribution in [0, 0.1) is 33.5 Å². The second-order valence-corrected chi connectivity index (χ2v) is 10.1. The summed E-state index contributed by atoms with van der Waals surface area (Å²) < 4.78 is 0. The Morgan fingerprint density at radius 2 is 1.72 bits per heavy atom. The average Bonchev–Trinajstić information content (AvgIpc) is 2.88. The maximum absolute atomic E-state index is 12.1. The number of aliphatic hydroxyl groups is 3. The van der Waals surface area contributed by atoms with Gasteiger partial charge in [-0.2, -0.15) is 0 Å². The van der Waals surface area contributed by atoms with E-state index >= 15 is 0 Å². The smallest absolute Gasteiger partial charge is 0.309 e. The van der Waals surface area contributed by atoms with Crippen molar-refractivity contribution in [2.45, 2.75) is 77.4 Å². The third-order valence-corrected chi connectivity index (χ3v) is 9.35. The van der Waals surface area contributed by atoms with Gasteiger partial charge in [0, 0.05) is 17.4 Å². The lowest BCUT2D eigenvalue weighted by molar-refractivity contribution is -0.243. The topological polar surface area (TPSA) is 98.0 Å². The maximum atomic E-state index is 12.1. The van der Waals surface area contributed by atoms with Gasteiger partial charge in [0.1, 0.15) is 0 Å². The monoisotopic (exact) mass is 352 g/mol. The van der Waals surface area contributed by atoms with Gasteiger partial charge in [-0.3, -0.25) is 4.79 Å². The van der Waals surface area contributed by atoms with Crippen molar-refractivity contribution in [1.82, 2.24) is 0 Å². The van der Waals surface area contributed by atoms with E-state index in [1.807, 2.05) is 6.92 Å². The Hall–Kier alpha value is -0.650. The fourth-order valence-corrected chi connectivity index (χ4v) is 7.83. The molecule has 5 heteroatoms. The molecule has 4 aliphatic carbocycles. The number of aliphatic carboxylic acids is 1. The Morgan fingerprint density at radius 3 is 2.36 bits per heavy atom. The molecule has 5 nitrogen and oxygen atoms in total. The highest BCUT2D eigenvalue weighted by Gasteiger charge is 2.71. The molecule has 1 unspecified atom stereocenters. The highest BCUT2D eigenvalue weighted by atomic mass is 16.4. The van der Waals surface area contributed by atoms with Crippen LogP contribution in [0.15, 0.2) is 0 Å². The zero-order chi connectivity index (χ0) is 18.3. The van der Waals surface area contributed by atoms with E-state index < -0.39 is 29.0 Å². The van der Waals surface area contributed by atoms with Gasteiger partial charge in [0.25, 0.3) is 0 Å². The molecule has 2 bridgehead atoms. The fourth-order valence-electron chi connectivity index (χ4n) is 7.83. The van der Waals surface area contributed by atoms with Crippen LogP contribution in [0.3, 0.4) is 0 Å². The van der Waals surface area contributed by atoms with Gasteiger partial charge in [-0.05, 0) is 75.5 Å². The molecule has 25 heavy (non-hydrogen) atoms. The molecule has 0 saturated heterocycles. The Balaban J connectivity index is 1.80. The lowest BCUT2D eigenvalue weighted by Crippen LogP contribution is -2.67. The third kappa shape index (κ3) is 1.98. The van der Waals surface area contributed by atoms with Gasteiger partial charge in [0.05, 0.1) is 17.6 Å². The molecule has 0 aromatic carbocycles. The summed E-state index contributed by atoms with van der Waals surface area (Å²) in [6, 6.07) is 0. The van der Waals surface area contributed by atoms with Crippen LogP contribution in [0.25, 0.3) is 0 Å². The molecule has 0 aliphatic heterocycles. The molecule has 0 amide bonds. The minimum absolute atomic E-state index is 0.0730.